The van der Waals surface area contributed by atoms with Gasteiger partial charge in [0, 0.05) is 3.57 Å². The van der Waals surface area contributed by atoms with E-state index in [4.69, 9.17) is 51.1 Å². The molecule has 0 bridgehead atoms. The number of nitrogens with zero attached hydrogens (tertiary/aromatic N) is 1. The van der Waals surface area contributed by atoms with Crippen molar-refractivity contribution in [2.75, 3.05) is 0 Å². The maximum absolute atomic E-state index is 12.8. The van der Waals surface area contributed by atoms with E-state index in [1.54, 1.807) is 36.4 Å². The summed E-state index contributed by atoms with van der Waals surface area (Å²) < 4.78 is 6.86. The monoisotopic (exact) mass is 663 g/mol. The van der Waals surface area contributed by atoms with Crippen LogP contribution < -0.4 is 4.74 Å². The smallest absolute Gasteiger partial charge is 0.293 e. The Hall–Kier alpha value is -1.42. The van der Waals surface area contributed by atoms with Crippen LogP contribution in [0, 0.1) is 3.57 Å². The van der Waals surface area contributed by atoms with E-state index in [9.17, 15) is 9.59 Å². The minimum atomic E-state index is -0.360. The molecule has 0 unspecified atom stereocenters. The minimum Gasteiger partial charge on any atom is -0.486 e. The van der Waals surface area contributed by atoms with Crippen LogP contribution in [0.25, 0.3) is 6.08 Å². The van der Waals surface area contributed by atoms with Crippen LogP contribution in [0.1, 0.15) is 16.7 Å². The predicted molar refractivity (Wildman–Crippen MR) is 148 cm³/mol. The fourth-order valence-electron chi connectivity index (χ4n) is 3.15. The highest BCUT2D eigenvalue weighted by Gasteiger charge is 2.35. The quantitative estimate of drug-likeness (QED) is 0.195. The molecule has 0 atom stereocenters. The normalized spacial score (nSPS) is 14.9. The van der Waals surface area contributed by atoms with Crippen molar-refractivity contribution in [3.63, 3.8) is 0 Å². The van der Waals surface area contributed by atoms with E-state index in [1.165, 1.54) is 4.90 Å². The summed E-state index contributed by atoms with van der Waals surface area (Å²) in [5.41, 5.74) is 2.25. The number of ether oxygens (including phenoxy) is 1. The maximum Gasteiger partial charge on any atom is 0.293 e. The molecule has 4 nitrogen and oxygen atoms in total. The van der Waals surface area contributed by atoms with E-state index in [0.717, 1.165) is 26.5 Å². The van der Waals surface area contributed by atoms with Crippen LogP contribution >= 0.6 is 80.8 Å². The van der Waals surface area contributed by atoms with Gasteiger partial charge in [-0.05, 0) is 93.5 Å². The molecule has 0 spiro atoms. The molecule has 34 heavy (non-hydrogen) atoms. The molecule has 174 valence electrons. The number of hydrogen-bond donors (Lipinski definition) is 0. The van der Waals surface area contributed by atoms with Crippen LogP contribution in [0.4, 0.5) is 4.79 Å². The number of thioether (sulfide) groups is 1. The first-order chi connectivity index (χ1) is 16.2. The van der Waals surface area contributed by atoms with Gasteiger partial charge in [0.15, 0.2) is 5.75 Å². The lowest BCUT2D eigenvalue weighted by atomic mass is 10.2. The molecule has 0 aromatic heterocycles. The number of amides is 2. The first-order valence-corrected chi connectivity index (χ1v) is 13.2. The zero-order chi connectivity index (χ0) is 24.4. The second-order valence-corrected chi connectivity index (χ2v) is 11.1. The van der Waals surface area contributed by atoms with E-state index in [2.05, 4.69) is 22.6 Å². The van der Waals surface area contributed by atoms with Crippen molar-refractivity contribution >= 4 is 98.0 Å². The molecule has 0 saturated carbocycles. The number of benzene rings is 3. The third-order valence-electron chi connectivity index (χ3n) is 4.81. The van der Waals surface area contributed by atoms with Crippen LogP contribution in [0.2, 0.25) is 20.1 Å². The van der Waals surface area contributed by atoms with Crippen LogP contribution in [-0.4, -0.2) is 16.0 Å². The van der Waals surface area contributed by atoms with E-state index >= 15 is 0 Å². The Bertz CT molecular complexity index is 1290. The lowest BCUT2D eigenvalue weighted by Gasteiger charge is -2.12. The summed E-state index contributed by atoms with van der Waals surface area (Å²) in [6.07, 6.45) is 1.60. The van der Waals surface area contributed by atoms with Gasteiger partial charge in [-0.3, -0.25) is 14.5 Å². The second-order valence-electron chi connectivity index (χ2n) is 7.25. The average molecular weight is 665 g/mol. The molecule has 3 aromatic rings. The van der Waals surface area contributed by atoms with Gasteiger partial charge in [0.25, 0.3) is 11.1 Å². The van der Waals surface area contributed by atoms with Crippen molar-refractivity contribution in [3.8, 4) is 5.75 Å². The number of carbonyl (C=O) groups is 2. The zero-order valence-electron chi connectivity index (χ0n) is 17.2. The van der Waals surface area contributed by atoms with Gasteiger partial charge >= 0.3 is 0 Å². The summed E-state index contributed by atoms with van der Waals surface area (Å²) in [4.78, 5) is 26.8. The summed E-state index contributed by atoms with van der Waals surface area (Å²) in [7, 11) is 0. The molecule has 1 saturated heterocycles. The van der Waals surface area contributed by atoms with Gasteiger partial charge in [-0.15, -0.1) is 0 Å². The molecule has 1 fully saturated rings. The average Bonchev–Trinajstić information content (AvgIpc) is 3.04. The van der Waals surface area contributed by atoms with Crippen LogP contribution in [-0.2, 0) is 17.9 Å². The van der Waals surface area contributed by atoms with Crippen molar-refractivity contribution in [1.29, 1.82) is 0 Å². The number of carbonyl (C=O) groups excluding carboxylic acids is 2. The highest BCUT2D eigenvalue weighted by atomic mass is 127. The minimum absolute atomic E-state index is 0.188. The molecule has 3 aromatic carbocycles. The Kier molecular flexibility index (Phi) is 8.38. The summed E-state index contributed by atoms with van der Waals surface area (Å²) in [5.74, 6) is -0.0564. The summed E-state index contributed by atoms with van der Waals surface area (Å²) >= 11 is 27.9. The molecule has 0 radical (unpaired) electrons. The third-order valence-corrected chi connectivity index (χ3v) is 7.74. The highest BCUT2D eigenvalue weighted by molar-refractivity contribution is 14.1. The predicted octanol–water partition coefficient (Wildman–Crippen LogP) is 8.72. The maximum atomic E-state index is 12.8. The van der Waals surface area contributed by atoms with Crippen molar-refractivity contribution in [2.24, 2.45) is 0 Å². The van der Waals surface area contributed by atoms with E-state index < -0.39 is 0 Å². The summed E-state index contributed by atoms with van der Waals surface area (Å²) in [6.45, 7) is 0.398. The van der Waals surface area contributed by atoms with Gasteiger partial charge < -0.3 is 4.74 Å². The third kappa shape index (κ3) is 6.04. The number of hydrogen-bond acceptors (Lipinski definition) is 4. The van der Waals surface area contributed by atoms with Gasteiger partial charge in [-0.25, -0.2) is 0 Å². The molecule has 10 heteroatoms. The standard InChI is InChI=1S/C24H14Cl4INO3S/c25-17-6-3-14(7-18(17)26)12-33-22-19(27)8-15(9-20(22)28)10-21-23(31)30(24(32)34-21)11-13-1-4-16(29)5-2-13/h1-10H,11-12H2/b21-10-. The molecule has 2 amide bonds. The molecular weight excluding hydrogens is 651 g/mol. The summed E-state index contributed by atoms with van der Waals surface area (Å²) in [6, 6.07) is 16.1. The first-order valence-electron chi connectivity index (χ1n) is 9.77. The van der Waals surface area contributed by atoms with Gasteiger partial charge in [0.1, 0.15) is 6.61 Å². The van der Waals surface area contributed by atoms with Gasteiger partial charge in [-0.2, -0.15) is 0 Å². The molecule has 0 aliphatic carbocycles. The molecule has 4 rings (SSSR count). The van der Waals surface area contributed by atoms with Crippen molar-refractivity contribution in [2.45, 2.75) is 13.2 Å². The Morgan fingerprint density at radius 3 is 2.15 bits per heavy atom. The van der Waals surface area contributed by atoms with Gasteiger partial charge in [-0.1, -0.05) is 64.6 Å². The topological polar surface area (TPSA) is 46.6 Å². The van der Waals surface area contributed by atoms with Gasteiger partial charge in [0.2, 0.25) is 0 Å². The molecule has 1 aliphatic rings. The number of rotatable bonds is 6. The number of halogens is 5. The first kappa shape index (κ1) is 25.7. The van der Waals surface area contributed by atoms with Crippen molar-refractivity contribution in [3.05, 3.63) is 99.9 Å². The van der Waals surface area contributed by atoms with E-state index in [-0.39, 0.29) is 34.3 Å². The molecule has 1 aliphatic heterocycles. The molecular formula is C24H14Cl4INO3S. The van der Waals surface area contributed by atoms with Crippen LogP contribution in [0.3, 0.4) is 0 Å². The Morgan fingerprint density at radius 1 is 0.853 bits per heavy atom. The van der Waals surface area contributed by atoms with Crippen molar-refractivity contribution < 1.29 is 14.3 Å². The van der Waals surface area contributed by atoms with Crippen LogP contribution in [0.5, 0.6) is 5.75 Å². The fourth-order valence-corrected chi connectivity index (χ4v) is 5.28. The SMILES string of the molecule is O=C1S/C(=C\c2cc(Cl)c(OCc3ccc(Cl)c(Cl)c3)c(Cl)c2)C(=O)N1Cc1ccc(I)cc1. The van der Waals surface area contributed by atoms with E-state index in [0.29, 0.717) is 26.3 Å². The number of imide groups is 1. The Morgan fingerprint density at radius 2 is 1.50 bits per heavy atom. The second kappa shape index (κ2) is 11.1. The van der Waals surface area contributed by atoms with Gasteiger partial charge in [0.05, 0.1) is 31.5 Å². The largest absolute Gasteiger partial charge is 0.486 e. The molecule has 1 heterocycles. The Balaban J connectivity index is 1.49. The molecule has 0 N–H and O–H groups in total. The summed E-state index contributed by atoms with van der Waals surface area (Å²) in [5, 5.41) is 1.10. The zero-order valence-corrected chi connectivity index (χ0v) is 23.2. The lowest BCUT2D eigenvalue weighted by Crippen LogP contribution is -2.27. The highest BCUT2D eigenvalue weighted by Crippen LogP contribution is 2.38. The van der Waals surface area contributed by atoms with Crippen LogP contribution in [0.15, 0.2) is 59.5 Å². The van der Waals surface area contributed by atoms with E-state index in [1.807, 2.05) is 24.3 Å². The lowest BCUT2D eigenvalue weighted by molar-refractivity contribution is -0.123. The fraction of sp³-hybridized carbons (Fsp3) is 0.0833. The Labute approximate surface area is 234 Å². The van der Waals surface area contributed by atoms with Crippen molar-refractivity contribution in [1.82, 2.24) is 4.90 Å².